The summed E-state index contributed by atoms with van der Waals surface area (Å²) in [5.41, 5.74) is 2.64. The van der Waals surface area contributed by atoms with Gasteiger partial charge in [-0.25, -0.2) is 4.98 Å². The molecule has 0 aromatic carbocycles. The van der Waals surface area contributed by atoms with Gasteiger partial charge in [0.25, 0.3) is 0 Å². The summed E-state index contributed by atoms with van der Waals surface area (Å²) in [7, 11) is 0. The molecule has 2 aromatic rings. The maximum atomic E-state index is 11.0. The molecular weight excluding hydrogens is 226 g/mol. The average molecular weight is 243 g/mol. The summed E-state index contributed by atoms with van der Waals surface area (Å²) in [6.45, 7) is 5.52. The van der Waals surface area contributed by atoms with E-state index in [1.807, 2.05) is 28.8 Å². The van der Waals surface area contributed by atoms with Crippen molar-refractivity contribution in [3.8, 4) is 0 Å². The SMILES string of the molecule is CCN1CCC(c2cn3c(C=O)cccc3n2)C1. The van der Waals surface area contributed by atoms with Crippen molar-refractivity contribution in [2.45, 2.75) is 19.3 Å². The lowest BCUT2D eigenvalue weighted by Crippen LogP contribution is -2.19. The lowest BCUT2D eigenvalue weighted by molar-refractivity contribution is 0.111. The first-order chi connectivity index (χ1) is 8.81. The van der Waals surface area contributed by atoms with Crippen LogP contribution in [0.4, 0.5) is 0 Å². The second kappa shape index (κ2) is 4.53. The molecule has 1 aliphatic heterocycles. The second-order valence-corrected chi connectivity index (χ2v) is 4.84. The van der Waals surface area contributed by atoms with Crippen molar-refractivity contribution in [3.63, 3.8) is 0 Å². The number of hydrogen-bond donors (Lipinski definition) is 0. The van der Waals surface area contributed by atoms with E-state index in [2.05, 4.69) is 16.8 Å². The van der Waals surface area contributed by atoms with Gasteiger partial charge < -0.3 is 4.90 Å². The minimum atomic E-state index is 0.504. The molecule has 18 heavy (non-hydrogen) atoms. The number of imidazole rings is 1. The number of aromatic nitrogens is 2. The predicted molar refractivity (Wildman–Crippen MR) is 70.1 cm³/mol. The first kappa shape index (κ1) is 11.4. The van der Waals surface area contributed by atoms with E-state index in [0.717, 1.165) is 43.7 Å². The molecule has 4 nitrogen and oxygen atoms in total. The molecule has 1 fully saturated rings. The number of aldehydes is 1. The van der Waals surface area contributed by atoms with Crippen molar-refractivity contribution in [2.75, 3.05) is 19.6 Å². The minimum absolute atomic E-state index is 0.504. The lowest BCUT2D eigenvalue weighted by Gasteiger charge is -2.11. The van der Waals surface area contributed by atoms with Crippen LogP contribution in [-0.2, 0) is 0 Å². The first-order valence-corrected chi connectivity index (χ1v) is 6.47. The fraction of sp³-hybridized carbons (Fsp3) is 0.429. The number of likely N-dealkylation sites (N-methyl/N-ethyl adjacent to an activating group) is 1. The fourth-order valence-electron chi connectivity index (χ4n) is 2.70. The van der Waals surface area contributed by atoms with Crippen LogP contribution < -0.4 is 0 Å². The molecule has 0 spiro atoms. The number of pyridine rings is 1. The summed E-state index contributed by atoms with van der Waals surface area (Å²) in [6.07, 6.45) is 4.06. The van der Waals surface area contributed by atoms with E-state index in [9.17, 15) is 4.79 Å². The Hall–Kier alpha value is -1.68. The zero-order valence-electron chi connectivity index (χ0n) is 10.5. The van der Waals surface area contributed by atoms with Crippen molar-refractivity contribution >= 4 is 11.9 Å². The van der Waals surface area contributed by atoms with Crippen LogP contribution in [0.3, 0.4) is 0 Å². The van der Waals surface area contributed by atoms with Crippen LogP contribution in [-0.4, -0.2) is 40.2 Å². The van der Waals surface area contributed by atoms with Crippen molar-refractivity contribution in [3.05, 3.63) is 35.8 Å². The summed E-state index contributed by atoms with van der Waals surface area (Å²) in [6, 6.07) is 5.64. The van der Waals surface area contributed by atoms with Crippen molar-refractivity contribution < 1.29 is 4.79 Å². The number of carbonyl (C=O) groups excluding carboxylic acids is 1. The molecule has 0 amide bonds. The van der Waals surface area contributed by atoms with Crippen LogP contribution in [0.15, 0.2) is 24.4 Å². The number of fused-ring (bicyclic) bond motifs is 1. The van der Waals surface area contributed by atoms with Gasteiger partial charge in [0, 0.05) is 18.7 Å². The zero-order valence-corrected chi connectivity index (χ0v) is 10.5. The third kappa shape index (κ3) is 1.82. The molecule has 0 saturated carbocycles. The molecule has 1 aliphatic rings. The molecular formula is C14H17N3O. The van der Waals surface area contributed by atoms with E-state index < -0.39 is 0 Å². The molecule has 4 heteroatoms. The highest BCUT2D eigenvalue weighted by atomic mass is 16.1. The monoisotopic (exact) mass is 243 g/mol. The van der Waals surface area contributed by atoms with Crippen LogP contribution >= 0.6 is 0 Å². The highest BCUT2D eigenvalue weighted by Crippen LogP contribution is 2.26. The van der Waals surface area contributed by atoms with E-state index >= 15 is 0 Å². The Bertz CT molecular complexity index is 575. The zero-order chi connectivity index (χ0) is 12.5. The Morgan fingerprint density at radius 2 is 2.39 bits per heavy atom. The van der Waals surface area contributed by atoms with Crippen LogP contribution in [0.1, 0.15) is 35.4 Å². The van der Waals surface area contributed by atoms with Gasteiger partial charge >= 0.3 is 0 Å². The third-order valence-electron chi connectivity index (χ3n) is 3.80. The largest absolute Gasteiger partial charge is 0.303 e. The second-order valence-electron chi connectivity index (χ2n) is 4.84. The number of carbonyl (C=O) groups is 1. The molecule has 3 rings (SSSR count). The van der Waals surface area contributed by atoms with Gasteiger partial charge in [0.2, 0.25) is 0 Å². The van der Waals surface area contributed by atoms with Gasteiger partial charge in [-0.2, -0.15) is 0 Å². The normalized spacial score (nSPS) is 20.6. The van der Waals surface area contributed by atoms with E-state index in [0.29, 0.717) is 11.6 Å². The van der Waals surface area contributed by atoms with Gasteiger partial charge in [-0.1, -0.05) is 13.0 Å². The lowest BCUT2D eigenvalue weighted by atomic mass is 10.1. The standard InChI is InChI=1S/C14H17N3O/c1-2-16-7-6-11(8-16)13-9-17-12(10-18)4-3-5-14(17)15-13/h3-5,9-11H,2,6-8H2,1H3. The van der Waals surface area contributed by atoms with Crippen LogP contribution in [0.25, 0.3) is 5.65 Å². The molecule has 1 unspecified atom stereocenters. The van der Waals surface area contributed by atoms with Gasteiger partial charge in [-0.05, 0) is 31.6 Å². The number of nitrogens with zero attached hydrogens (tertiary/aromatic N) is 3. The molecule has 0 bridgehead atoms. The summed E-state index contributed by atoms with van der Waals surface area (Å²) in [5, 5.41) is 0. The average Bonchev–Trinajstić information content (AvgIpc) is 3.03. The first-order valence-electron chi connectivity index (χ1n) is 6.47. The van der Waals surface area contributed by atoms with Crippen molar-refractivity contribution in [1.29, 1.82) is 0 Å². The Balaban J connectivity index is 1.96. The van der Waals surface area contributed by atoms with Gasteiger partial charge in [0.05, 0.1) is 11.4 Å². The van der Waals surface area contributed by atoms with Gasteiger partial charge in [0.1, 0.15) is 5.65 Å². The molecule has 0 aliphatic carbocycles. The van der Waals surface area contributed by atoms with E-state index in [-0.39, 0.29) is 0 Å². The van der Waals surface area contributed by atoms with Crippen LogP contribution in [0.5, 0.6) is 0 Å². The summed E-state index contributed by atoms with van der Waals surface area (Å²) in [4.78, 5) is 18.1. The van der Waals surface area contributed by atoms with Gasteiger partial charge in [-0.15, -0.1) is 0 Å². The predicted octanol–water partition coefficient (Wildman–Crippen LogP) is 1.96. The molecule has 2 aromatic heterocycles. The highest BCUT2D eigenvalue weighted by Gasteiger charge is 2.24. The molecule has 3 heterocycles. The minimum Gasteiger partial charge on any atom is -0.303 e. The quantitative estimate of drug-likeness (QED) is 0.773. The van der Waals surface area contributed by atoms with Crippen molar-refractivity contribution in [1.82, 2.24) is 14.3 Å². The number of rotatable bonds is 3. The Kier molecular flexibility index (Phi) is 2.88. The Morgan fingerprint density at radius 3 is 3.11 bits per heavy atom. The molecule has 94 valence electrons. The van der Waals surface area contributed by atoms with Crippen molar-refractivity contribution in [2.24, 2.45) is 0 Å². The Morgan fingerprint density at radius 1 is 1.50 bits per heavy atom. The topological polar surface area (TPSA) is 37.6 Å². The van der Waals surface area contributed by atoms with E-state index in [1.165, 1.54) is 0 Å². The number of likely N-dealkylation sites (tertiary alicyclic amines) is 1. The highest BCUT2D eigenvalue weighted by molar-refractivity contribution is 5.73. The maximum absolute atomic E-state index is 11.0. The molecule has 0 N–H and O–H groups in total. The summed E-state index contributed by atoms with van der Waals surface area (Å²) >= 11 is 0. The summed E-state index contributed by atoms with van der Waals surface area (Å²) in [5.74, 6) is 0.504. The Labute approximate surface area is 106 Å². The van der Waals surface area contributed by atoms with Gasteiger partial charge in [-0.3, -0.25) is 9.20 Å². The fourth-order valence-corrected chi connectivity index (χ4v) is 2.70. The van der Waals surface area contributed by atoms with Gasteiger partial charge in [0.15, 0.2) is 6.29 Å². The van der Waals surface area contributed by atoms with E-state index in [1.54, 1.807) is 0 Å². The number of hydrogen-bond acceptors (Lipinski definition) is 3. The molecule has 1 atom stereocenters. The van der Waals surface area contributed by atoms with Crippen LogP contribution in [0.2, 0.25) is 0 Å². The smallest absolute Gasteiger partial charge is 0.166 e. The molecule has 1 saturated heterocycles. The van der Waals surface area contributed by atoms with E-state index in [4.69, 9.17) is 0 Å². The van der Waals surface area contributed by atoms with Crippen LogP contribution in [0, 0.1) is 0 Å². The maximum Gasteiger partial charge on any atom is 0.166 e. The third-order valence-corrected chi connectivity index (χ3v) is 3.80. The molecule has 0 radical (unpaired) electrons. The summed E-state index contributed by atoms with van der Waals surface area (Å²) < 4.78 is 1.89.